The fourth-order valence-corrected chi connectivity index (χ4v) is 3.69. The van der Waals surface area contributed by atoms with Crippen LogP contribution in [0, 0.1) is 0 Å². The fraction of sp³-hybridized carbons (Fsp3) is 0.600. The van der Waals surface area contributed by atoms with Crippen LogP contribution in [0.5, 0.6) is 0 Å². The number of nitrogens with zero attached hydrogens (tertiary/aromatic N) is 1. The van der Waals surface area contributed by atoms with E-state index in [1.54, 1.807) is 11.1 Å². The van der Waals surface area contributed by atoms with E-state index in [1.807, 2.05) is 0 Å². The Hall–Kier alpha value is -0.820. The minimum atomic E-state index is 0.818. The number of aryl methyl sites for hydroxylation is 1. The van der Waals surface area contributed by atoms with Crippen molar-refractivity contribution in [2.24, 2.45) is 0 Å². The molecular weight excluding hydrogens is 194 g/mol. The summed E-state index contributed by atoms with van der Waals surface area (Å²) in [4.78, 5) is 2.70. The molecule has 1 heterocycles. The number of hydrogen-bond donors (Lipinski definition) is 0. The Morgan fingerprint density at radius 3 is 3.00 bits per heavy atom. The van der Waals surface area contributed by atoms with Crippen LogP contribution in [-0.2, 0) is 6.42 Å². The molecule has 2 unspecified atom stereocenters. The summed E-state index contributed by atoms with van der Waals surface area (Å²) in [6.07, 6.45) is 5.44. The molecule has 0 bridgehead atoms. The molecule has 1 saturated heterocycles. The van der Waals surface area contributed by atoms with Gasteiger partial charge in [-0.3, -0.25) is 0 Å². The lowest BCUT2D eigenvalue weighted by molar-refractivity contribution is 0.119. The molecule has 2 aliphatic rings. The van der Waals surface area contributed by atoms with E-state index in [2.05, 4.69) is 36.1 Å². The van der Waals surface area contributed by atoms with E-state index < -0.39 is 0 Å². The molecule has 1 aliphatic heterocycles. The third kappa shape index (κ3) is 1.58. The molecule has 0 saturated carbocycles. The van der Waals surface area contributed by atoms with Crippen molar-refractivity contribution in [3.05, 3.63) is 35.4 Å². The number of hydrogen-bond acceptors (Lipinski definition) is 1. The SMILES string of the molecule is CCN1CCCC2c3ccccc3CCC21. The number of fused-ring (bicyclic) bond motifs is 3. The van der Waals surface area contributed by atoms with Gasteiger partial charge in [-0.15, -0.1) is 0 Å². The first-order valence-corrected chi connectivity index (χ1v) is 6.72. The Morgan fingerprint density at radius 2 is 2.12 bits per heavy atom. The molecule has 1 nitrogen and oxygen atoms in total. The zero-order valence-corrected chi connectivity index (χ0v) is 10.2. The molecule has 3 rings (SSSR count). The summed E-state index contributed by atoms with van der Waals surface area (Å²) < 4.78 is 0. The van der Waals surface area contributed by atoms with Crippen LogP contribution in [-0.4, -0.2) is 24.0 Å². The van der Waals surface area contributed by atoms with Crippen LogP contribution >= 0.6 is 0 Å². The molecule has 16 heavy (non-hydrogen) atoms. The van der Waals surface area contributed by atoms with Gasteiger partial charge in [0.05, 0.1) is 0 Å². The van der Waals surface area contributed by atoms with Crippen LogP contribution in [0.15, 0.2) is 24.3 Å². The third-order valence-corrected chi connectivity index (χ3v) is 4.46. The minimum absolute atomic E-state index is 0.818. The molecular formula is C15H21N. The fourth-order valence-electron chi connectivity index (χ4n) is 3.69. The predicted octanol–water partition coefficient (Wildman–Crippen LogP) is 3.20. The molecule has 0 amide bonds. The van der Waals surface area contributed by atoms with Crippen LogP contribution in [0.2, 0.25) is 0 Å². The highest BCUT2D eigenvalue weighted by atomic mass is 15.2. The van der Waals surface area contributed by atoms with Gasteiger partial charge in [0.1, 0.15) is 0 Å². The monoisotopic (exact) mass is 215 g/mol. The number of rotatable bonds is 1. The Balaban J connectivity index is 1.94. The third-order valence-electron chi connectivity index (χ3n) is 4.46. The maximum Gasteiger partial charge on any atom is 0.0167 e. The molecule has 0 aromatic heterocycles. The molecule has 1 aromatic rings. The highest BCUT2D eigenvalue weighted by molar-refractivity contribution is 5.34. The van der Waals surface area contributed by atoms with Crippen molar-refractivity contribution in [1.29, 1.82) is 0 Å². The van der Waals surface area contributed by atoms with Gasteiger partial charge in [-0.25, -0.2) is 0 Å². The lowest BCUT2D eigenvalue weighted by Crippen LogP contribution is -2.46. The second-order valence-corrected chi connectivity index (χ2v) is 5.18. The summed E-state index contributed by atoms with van der Waals surface area (Å²) in [6.45, 7) is 4.85. The average Bonchev–Trinajstić information content (AvgIpc) is 2.37. The summed E-state index contributed by atoms with van der Waals surface area (Å²) in [7, 11) is 0. The van der Waals surface area contributed by atoms with E-state index in [1.165, 1.54) is 38.8 Å². The van der Waals surface area contributed by atoms with E-state index in [4.69, 9.17) is 0 Å². The normalized spacial score (nSPS) is 29.6. The summed E-state index contributed by atoms with van der Waals surface area (Å²) >= 11 is 0. The first-order chi connectivity index (χ1) is 7.90. The summed E-state index contributed by atoms with van der Waals surface area (Å²) in [5, 5.41) is 0. The topological polar surface area (TPSA) is 3.24 Å². The van der Waals surface area contributed by atoms with E-state index in [0.717, 1.165) is 12.0 Å². The second kappa shape index (κ2) is 4.21. The quantitative estimate of drug-likeness (QED) is 0.695. The Kier molecular flexibility index (Phi) is 2.72. The smallest absolute Gasteiger partial charge is 0.0167 e. The predicted molar refractivity (Wildman–Crippen MR) is 67.8 cm³/mol. The van der Waals surface area contributed by atoms with Crippen molar-refractivity contribution in [3.63, 3.8) is 0 Å². The molecule has 0 spiro atoms. The van der Waals surface area contributed by atoms with Crippen molar-refractivity contribution in [2.75, 3.05) is 13.1 Å². The molecule has 1 fully saturated rings. The number of piperidine rings is 1. The lowest BCUT2D eigenvalue weighted by Gasteiger charge is -2.44. The number of benzene rings is 1. The van der Waals surface area contributed by atoms with Gasteiger partial charge in [-0.1, -0.05) is 31.2 Å². The van der Waals surface area contributed by atoms with Crippen molar-refractivity contribution >= 4 is 0 Å². The van der Waals surface area contributed by atoms with Crippen molar-refractivity contribution in [2.45, 2.75) is 44.6 Å². The van der Waals surface area contributed by atoms with Crippen LogP contribution in [0.25, 0.3) is 0 Å². The molecule has 2 atom stereocenters. The zero-order chi connectivity index (χ0) is 11.0. The summed E-state index contributed by atoms with van der Waals surface area (Å²) in [5.41, 5.74) is 3.26. The second-order valence-electron chi connectivity index (χ2n) is 5.18. The summed E-state index contributed by atoms with van der Waals surface area (Å²) in [5.74, 6) is 0.818. The van der Waals surface area contributed by atoms with E-state index >= 15 is 0 Å². The van der Waals surface area contributed by atoms with Crippen molar-refractivity contribution in [1.82, 2.24) is 4.90 Å². The van der Waals surface area contributed by atoms with Gasteiger partial charge in [0.2, 0.25) is 0 Å². The maximum atomic E-state index is 2.70. The van der Waals surface area contributed by atoms with Gasteiger partial charge in [-0.05, 0) is 55.8 Å². The van der Waals surface area contributed by atoms with Crippen molar-refractivity contribution < 1.29 is 0 Å². The van der Waals surface area contributed by atoms with Gasteiger partial charge in [0, 0.05) is 6.04 Å². The average molecular weight is 215 g/mol. The number of likely N-dealkylation sites (tertiary alicyclic amines) is 1. The number of likely N-dealkylation sites (N-methyl/N-ethyl adjacent to an activating group) is 1. The maximum absolute atomic E-state index is 2.70. The zero-order valence-electron chi connectivity index (χ0n) is 10.2. The minimum Gasteiger partial charge on any atom is -0.300 e. The van der Waals surface area contributed by atoms with E-state index in [9.17, 15) is 0 Å². The van der Waals surface area contributed by atoms with Gasteiger partial charge in [0.15, 0.2) is 0 Å². The van der Waals surface area contributed by atoms with Gasteiger partial charge < -0.3 is 4.90 Å². The van der Waals surface area contributed by atoms with Gasteiger partial charge in [-0.2, -0.15) is 0 Å². The standard InChI is InChI=1S/C15H21N/c1-2-16-11-5-8-14-13-7-4-3-6-12(13)9-10-15(14)16/h3-4,6-7,14-15H,2,5,8-11H2,1H3. The van der Waals surface area contributed by atoms with Crippen LogP contribution < -0.4 is 0 Å². The van der Waals surface area contributed by atoms with Crippen LogP contribution in [0.1, 0.15) is 43.2 Å². The largest absolute Gasteiger partial charge is 0.300 e. The molecule has 1 heteroatoms. The molecule has 0 radical (unpaired) electrons. The molecule has 1 aromatic carbocycles. The first-order valence-electron chi connectivity index (χ1n) is 6.72. The highest BCUT2D eigenvalue weighted by Crippen LogP contribution is 2.40. The van der Waals surface area contributed by atoms with E-state index in [0.29, 0.717) is 0 Å². The highest BCUT2D eigenvalue weighted by Gasteiger charge is 2.34. The van der Waals surface area contributed by atoms with E-state index in [-0.39, 0.29) is 0 Å². The lowest BCUT2D eigenvalue weighted by atomic mass is 9.74. The Bertz CT molecular complexity index is 371. The molecule has 1 aliphatic carbocycles. The first kappa shape index (κ1) is 10.3. The van der Waals surface area contributed by atoms with Gasteiger partial charge in [0.25, 0.3) is 0 Å². The van der Waals surface area contributed by atoms with Crippen LogP contribution in [0.4, 0.5) is 0 Å². The van der Waals surface area contributed by atoms with Gasteiger partial charge >= 0.3 is 0 Å². The summed E-state index contributed by atoms with van der Waals surface area (Å²) in [6, 6.07) is 9.93. The van der Waals surface area contributed by atoms with Crippen molar-refractivity contribution in [3.8, 4) is 0 Å². The van der Waals surface area contributed by atoms with Crippen LogP contribution in [0.3, 0.4) is 0 Å². The Morgan fingerprint density at radius 1 is 1.25 bits per heavy atom. The molecule has 0 N–H and O–H groups in total. The Labute approximate surface area is 98.5 Å². The molecule has 86 valence electrons.